The van der Waals surface area contributed by atoms with E-state index in [0.29, 0.717) is 0 Å². The van der Waals surface area contributed by atoms with Gasteiger partial charge >= 0.3 is 0 Å². The van der Waals surface area contributed by atoms with E-state index in [1.807, 2.05) is 11.8 Å². The molecular weight excluding hydrogens is 212 g/mol. The fraction of sp³-hybridized carbons (Fsp3) is 0.467. The quantitative estimate of drug-likeness (QED) is 0.531. The number of unbranched alkanes of at least 4 members (excludes halogenated alkanes) is 1. The molecule has 0 aliphatic heterocycles. The number of hydrogen-bond acceptors (Lipinski definition) is 1. The summed E-state index contributed by atoms with van der Waals surface area (Å²) in [5, 5.41) is 0. The number of aryl methyl sites for hydroxylation is 1. The highest BCUT2D eigenvalue weighted by Crippen LogP contribution is 2.18. The van der Waals surface area contributed by atoms with Crippen LogP contribution in [0.4, 0.5) is 0 Å². The maximum absolute atomic E-state index is 3.22. The maximum Gasteiger partial charge on any atom is 0.0129 e. The lowest BCUT2D eigenvalue weighted by molar-refractivity contribution is 0.973. The van der Waals surface area contributed by atoms with Crippen molar-refractivity contribution in [2.75, 3.05) is 5.75 Å². The van der Waals surface area contributed by atoms with Crippen LogP contribution >= 0.6 is 11.8 Å². The molecule has 1 heteroatoms. The van der Waals surface area contributed by atoms with Crippen molar-refractivity contribution in [2.24, 2.45) is 0 Å². The SMILES string of the molecule is CCCC#CCCc1ccc(SCC)cc1. The Bertz CT molecular complexity index is 340. The Labute approximate surface area is 104 Å². The highest BCUT2D eigenvalue weighted by Gasteiger charge is 1.93. The zero-order valence-electron chi connectivity index (χ0n) is 10.3. The maximum atomic E-state index is 3.22. The second-order valence-corrected chi connectivity index (χ2v) is 5.02. The number of rotatable bonds is 5. The van der Waals surface area contributed by atoms with E-state index in [4.69, 9.17) is 0 Å². The van der Waals surface area contributed by atoms with Gasteiger partial charge in [-0.2, -0.15) is 0 Å². The monoisotopic (exact) mass is 232 g/mol. The molecular formula is C15H20S. The summed E-state index contributed by atoms with van der Waals surface area (Å²) in [7, 11) is 0. The van der Waals surface area contributed by atoms with Crippen LogP contribution in [-0.4, -0.2) is 5.75 Å². The van der Waals surface area contributed by atoms with Crippen molar-refractivity contribution in [3.63, 3.8) is 0 Å². The van der Waals surface area contributed by atoms with Crippen LogP contribution in [0, 0.1) is 11.8 Å². The molecule has 1 rings (SSSR count). The van der Waals surface area contributed by atoms with Crippen molar-refractivity contribution in [2.45, 2.75) is 44.4 Å². The lowest BCUT2D eigenvalue weighted by Crippen LogP contribution is -1.83. The molecule has 0 bridgehead atoms. The normalized spacial score (nSPS) is 9.62. The van der Waals surface area contributed by atoms with Gasteiger partial charge in [-0.1, -0.05) is 26.0 Å². The Morgan fingerprint density at radius 3 is 2.31 bits per heavy atom. The molecule has 0 atom stereocenters. The molecule has 0 aromatic heterocycles. The largest absolute Gasteiger partial charge is 0.126 e. The van der Waals surface area contributed by atoms with Crippen LogP contribution in [0.15, 0.2) is 29.2 Å². The summed E-state index contributed by atoms with van der Waals surface area (Å²) in [5.74, 6) is 7.54. The van der Waals surface area contributed by atoms with Crippen LogP contribution in [-0.2, 0) is 6.42 Å². The molecule has 0 heterocycles. The average Bonchev–Trinajstić information content (AvgIpc) is 2.31. The molecule has 0 amide bonds. The van der Waals surface area contributed by atoms with Gasteiger partial charge in [-0.05, 0) is 36.3 Å². The van der Waals surface area contributed by atoms with Gasteiger partial charge in [-0.3, -0.25) is 0 Å². The molecule has 0 fully saturated rings. The highest BCUT2D eigenvalue weighted by atomic mass is 32.2. The third-order valence-electron chi connectivity index (χ3n) is 2.27. The summed E-state index contributed by atoms with van der Waals surface area (Å²) < 4.78 is 0. The lowest BCUT2D eigenvalue weighted by atomic mass is 10.1. The van der Waals surface area contributed by atoms with Crippen molar-refractivity contribution >= 4 is 11.8 Å². The molecule has 0 unspecified atom stereocenters. The molecule has 0 saturated heterocycles. The van der Waals surface area contributed by atoms with E-state index in [-0.39, 0.29) is 0 Å². The zero-order chi connectivity index (χ0) is 11.6. The van der Waals surface area contributed by atoms with Crippen LogP contribution in [0.5, 0.6) is 0 Å². The second-order valence-electron chi connectivity index (χ2n) is 3.68. The first-order valence-corrected chi connectivity index (χ1v) is 7.02. The minimum Gasteiger partial charge on any atom is -0.126 e. The Morgan fingerprint density at radius 2 is 1.69 bits per heavy atom. The van der Waals surface area contributed by atoms with Crippen molar-refractivity contribution in [3.8, 4) is 11.8 Å². The first-order valence-electron chi connectivity index (χ1n) is 6.04. The molecule has 0 N–H and O–H groups in total. The Hall–Kier alpha value is -0.870. The molecule has 0 saturated carbocycles. The summed E-state index contributed by atoms with van der Waals surface area (Å²) >= 11 is 1.89. The van der Waals surface area contributed by atoms with Crippen LogP contribution in [0.1, 0.15) is 38.7 Å². The second kappa shape index (κ2) is 8.30. The molecule has 0 aliphatic carbocycles. The Balaban J connectivity index is 2.35. The molecule has 1 aromatic rings. The third-order valence-corrected chi connectivity index (χ3v) is 3.17. The van der Waals surface area contributed by atoms with Crippen molar-refractivity contribution in [1.82, 2.24) is 0 Å². The molecule has 1 aromatic carbocycles. The van der Waals surface area contributed by atoms with Crippen LogP contribution in [0.3, 0.4) is 0 Å². The molecule has 0 nitrogen and oxygen atoms in total. The van der Waals surface area contributed by atoms with E-state index in [2.05, 4.69) is 50.0 Å². The lowest BCUT2D eigenvalue weighted by Gasteiger charge is -2.00. The summed E-state index contributed by atoms with van der Waals surface area (Å²) in [5.41, 5.74) is 1.39. The standard InChI is InChI=1S/C15H20S/c1-3-5-6-7-8-9-14-10-12-15(13-11-14)16-4-2/h10-13H,3-5,8-9H2,1-2H3. The van der Waals surface area contributed by atoms with Gasteiger partial charge in [-0.15, -0.1) is 23.6 Å². The summed E-state index contributed by atoms with van der Waals surface area (Å²) in [4.78, 5) is 1.36. The fourth-order valence-electron chi connectivity index (χ4n) is 1.43. The first-order chi connectivity index (χ1) is 7.86. The van der Waals surface area contributed by atoms with Gasteiger partial charge in [0.25, 0.3) is 0 Å². The topological polar surface area (TPSA) is 0 Å². The third kappa shape index (κ3) is 5.28. The molecule has 0 spiro atoms. The van der Waals surface area contributed by atoms with Crippen LogP contribution < -0.4 is 0 Å². The summed E-state index contributed by atoms with van der Waals surface area (Å²) in [6, 6.07) is 8.87. The number of thioether (sulfide) groups is 1. The average molecular weight is 232 g/mol. The van der Waals surface area contributed by atoms with Gasteiger partial charge in [-0.25, -0.2) is 0 Å². The van der Waals surface area contributed by atoms with Gasteiger partial charge in [0.1, 0.15) is 0 Å². The minimum absolute atomic E-state index is 0.986. The van der Waals surface area contributed by atoms with Crippen molar-refractivity contribution in [3.05, 3.63) is 29.8 Å². The first kappa shape index (κ1) is 13.2. The fourth-order valence-corrected chi connectivity index (χ4v) is 2.09. The zero-order valence-corrected chi connectivity index (χ0v) is 11.1. The van der Waals surface area contributed by atoms with Crippen molar-refractivity contribution < 1.29 is 0 Å². The summed E-state index contributed by atoms with van der Waals surface area (Å²) in [6.07, 6.45) is 4.26. The van der Waals surface area contributed by atoms with E-state index in [0.717, 1.165) is 31.4 Å². The smallest absolute Gasteiger partial charge is 0.0129 e. The summed E-state index contributed by atoms with van der Waals surface area (Å²) in [6.45, 7) is 4.35. The highest BCUT2D eigenvalue weighted by molar-refractivity contribution is 7.99. The van der Waals surface area contributed by atoms with Gasteiger partial charge in [0.15, 0.2) is 0 Å². The van der Waals surface area contributed by atoms with Crippen LogP contribution in [0.2, 0.25) is 0 Å². The predicted octanol–water partition coefficient (Wildman–Crippen LogP) is 4.53. The minimum atomic E-state index is 0.986. The van der Waals surface area contributed by atoms with Gasteiger partial charge < -0.3 is 0 Å². The van der Waals surface area contributed by atoms with E-state index in [1.54, 1.807) is 0 Å². The van der Waals surface area contributed by atoms with E-state index < -0.39 is 0 Å². The van der Waals surface area contributed by atoms with Crippen LogP contribution in [0.25, 0.3) is 0 Å². The van der Waals surface area contributed by atoms with Gasteiger partial charge in [0, 0.05) is 17.7 Å². The molecule has 16 heavy (non-hydrogen) atoms. The Kier molecular flexibility index (Phi) is 6.85. The molecule has 0 radical (unpaired) electrons. The van der Waals surface area contributed by atoms with E-state index in [9.17, 15) is 0 Å². The van der Waals surface area contributed by atoms with Gasteiger partial charge in [0.2, 0.25) is 0 Å². The Morgan fingerprint density at radius 1 is 1.00 bits per heavy atom. The molecule has 0 aliphatic rings. The predicted molar refractivity (Wildman–Crippen MR) is 73.8 cm³/mol. The van der Waals surface area contributed by atoms with Crippen molar-refractivity contribution in [1.29, 1.82) is 0 Å². The number of benzene rings is 1. The van der Waals surface area contributed by atoms with Gasteiger partial charge in [0.05, 0.1) is 0 Å². The van der Waals surface area contributed by atoms with E-state index >= 15 is 0 Å². The van der Waals surface area contributed by atoms with E-state index in [1.165, 1.54) is 10.5 Å². The number of hydrogen-bond donors (Lipinski definition) is 0. The molecule has 86 valence electrons.